The molecule has 1 aliphatic heterocycles. The van der Waals surface area contributed by atoms with Crippen molar-refractivity contribution in [3.05, 3.63) is 234 Å². The standard InChI is InChI=1S/C65H53N2/c1-7-64(8-2)41(3)48-31-28-44(36-53(48)60-27-16-17-34-66(60)64)42-19-18-20-43(35-42)45-29-33-61-54(37-45)55-39-52-51-32-30-46(63(4,5)6)38-58(51)65(59(52)40-62(55)67(61)47-21-10-9-11-22-47)56-25-14-12-23-49(56)50-24-13-15-26-57(50)65/h9-40H,3,7-8H2,1-2,4-6H3/q+1. The van der Waals surface area contributed by atoms with Crippen LogP contribution in [0.15, 0.2) is 201 Å². The first-order valence-corrected chi connectivity index (χ1v) is 24.1. The monoisotopic (exact) mass is 861 g/mol. The maximum atomic E-state index is 4.73. The van der Waals surface area contributed by atoms with E-state index in [0.717, 1.165) is 18.5 Å². The predicted octanol–water partition coefficient (Wildman–Crippen LogP) is 16.3. The van der Waals surface area contributed by atoms with Gasteiger partial charge in [-0.1, -0.05) is 163 Å². The number of rotatable bonds is 5. The number of para-hydroxylation sites is 1. The van der Waals surface area contributed by atoms with E-state index < -0.39 is 5.41 Å². The second-order valence-corrected chi connectivity index (χ2v) is 20.2. The van der Waals surface area contributed by atoms with E-state index in [2.05, 4.69) is 238 Å². The van der Waals surface area contributed by atoms with Gasteiger partial charge in [-0.2, -0.15) is 4.57 Å². The molecule has 0 atom stereocenters. The quantitative estimate of drug-likeness (QED) is 0.152. The van der Waals surface area contributed by atoms with Gasteiger partial charge in [0.1, 0.15) is 0 Å². The lowest BCUT2D eigenvalue weighted by atomic mass is 9.69. The average Bonchev–Trinajstić information content (AvgIpc) is 3.96. The maximum Gasteiger partial charge on any atom is 0.213 e. The molecule has 0 N–H and O–H groups in total. The van der Waals surface area contributed by atoms with E-state index in [1.807, 2.05) is 0 Å². The summed E-state index contributed by atoms with van der Waals surface area (Å²) in [4.78, 5) is 0. The van der Waals surface area contributed by atoms with Crippen LogP contribution in [0.25, 0.3) is 88.8 Å². The number of hydrogen-bond acceptors (Lipinski definition) is 0. The molecule has 2 aliphatic carbocycles. The molecule has 3 aliphatic rings. The van der Waals surface area contributed by atoms with Crippen molar-refractivity contribution >= 4 is 27.4 Å². The van der Waals surface area contributed by atoms with Gasteiger partial charge in [-0.25, -0.2) is 0 Å². The predicted molar refractivity (Wildman–Crippen MR) is 280 cm³/mol. The average molecular weight is 862 g/mol. The minimum Gasteiger partial charge on any atom is -0.309 e. The zero-order valence-electron chi connectivity index (χ0n) is 39.0. The number of hydrogen-bond donors (Lipinski definition) is 0. The fourth-order valence-electron chi connectivity index (χ4n) is 12.7. The number of allylic oxidation sites excluding steroid dienone is 1. The highest BCUT2D eigenvalue weighted by Crippen LogP contribution is 2.64. The van der Waals surface area contributed by atoms with Gasteiger partial charge in [0.25, 0.3) is 0 Å². The lowest BCUT2D eigenvalue weighted by molar-refractivity contribution is -0.741. The molecule has 1 spiro atoms. The summed E-state index contributed by atoms with van der Waals surface area (Å²) in [7, 11) is 0. The third-order valence-electron chi connectivity index (χ3n) is 16.1. The summed E-state index contributed by atoms with van der Waals surface area (Å²) in [5.41, 5.74) is 24.9. The van der Waals surface area contributed by atoms with Crippen LogP contribution in [0, 0.1) is 0 Å². The molecule has 0 fully saturated rings. The van der Waals surface area contributed by atoms with E-state index >= 15 is 0 Å². The molecule has 0 bridgehead atoms. The first-order valence-electron chi connectivity index (χ1n) is 24.1. The van der Waals surface area contributed by atoms with Crippen molar-refractivity contribution in [2.24, 2.45) is 0 Å². The molecule has 10 aromatic rings. The number of nitrogens with zero attached hydrogens (tertiary/aromatic N) is 2. The molecule has 0 unspecified atom stereocenters. The Bertz CT molecular complexity index is 3670. The lowest BCUT2D eigenvalue weighted by Crippen LogP contribution is -2.59. The largest absolute Gasteiger partial charge is 0.309 e. The van der Waals surface area contributed by atoms with Crippen LogP contribution in [-0.4, -0.2) is 4.57 Å². The molecule has 67 heavy (non-hydrogen) atoms. The van der Waals surface area contributed by atoms with Crippen molar-refractivity contribution in [1.29, 1.82) is 0 Å². The fraction of sp³-hybridized carbons (Fsp3) is 0.154. The fourth-order valence-corrected chi connectivity index (χ4v) is 12.7. The SMILES string of the molecule is C=C1c2ccc(-c3cccc(-c4ccc5c(c4)c4cc6c(cc4n5-c4ccccc4)C4(c5ccccc5-c5ccccc54)c4cc(C(C)(C)C)ccc4-6)c3)cc2-c2cccc[n+]2C1(CC)CC. The summed E-state index contributed by atoms with van der Waals surface area (Å²) in [5, 5.41) is 2.52. The molecule has 0 radical (unpaired) electrons. The van der Waals surface area contributed by atoms with Crippen molar-refractivity contribution in [1.82, 2.24) is 4.57 Å². The van der Waals surface area contributed by atoms with E-state index in [1.54, 1.807) is 0 Å². The second kappa shape index (κ2) is 14.2. The molecule has 2 heteroatoms. The summed E-state index contributed by atoms with van der Waals surface area (Å²) in [6.07, 6.45) is 4.24. The Hall–Kier alpha value is -7.55. The van der Waals surface area contributed by atoms with Crippen LogP contribution in [0.5, 0.6) is 0 Å². The zero-order chi connectivity index (χ0) is 45.4. The Morgan fingerprint density at radius 3 is 1.78 bits per heavy atom. The molecule has 13 rings (SSSR count). The van der Waals surface area contributed by atoms with Gasteiger partial charge in [0, 0.05) is 47.0 Å². The van der Waals surface area contributed by atoms with Gasteiger partial charge in [-0.05, 0) is 138 Å². The molecule has 8 aromatic carbocycles. The zero-order valence-corrected chi connectivity index (χ0v) is 39.0. The molecule has 2 aromatic heterocycles. The minimum atomic E-state index is -0.448. The topological polar surface area (TPSA) is 8.81 Å². The van der Waals surface area contributed by atoms with E-state index in [4.69, 9.17) is 6.58 Å². The number of pyridine rings is 1. The highest BCUT2D eigenvalue weighted by atomic mass is 15.1. The summed E-state index contributed by atoms with van der Waals surface area (Å²) in [6.45, 7) is 16.3. The summed E-state index contributed by atoms with van der Waals surface area (Å²) in [5.74, 6) is 0. The third kappa shape index (κ3) is 5.36. The molecule has 3 heterocycles. The molecular weight excluding hydrogens is 809 g/mol. The second-order valence-electron chi connectivity index (χ2n) is 20.2. The minimum absolute atomic E-state index is 0.00294. The van der Waals surface area contributed by atoms with E-state index in [0.29, 0.717) is 0 Å². The Balaban J connectivity index is 1.02. The number of aromatic nitrogens is 2. The summed E-state index contributed by atoms with van der Waals surface area (Å²) < 4.78 is 4.97. The molecule has 0 saturated heterocycles. The van der Waals surface area contributed by atoms with E-state index in [1.165, 1.54) is 117 Å². The Morgan fingerprint density at radius 2 is 1.06 bits per heavy atom. The molecule has 2 nitrogen and oxygen atoms in total. The first-order chi connectivity index (χ1) is 32.7. The van der Waals surface area contributed by atoms with Gasteiger partial charge in [0.05, 0.1) is 22.0 Å². The van der Waals surface area contributed by atoms with Crippen LogP contribution in [0.3, 0.4) is 0 Å². The molecule has 322 valence electrons. The van der Waals surface area contributed by atoms with E-state index in [-0.39, 0.29) is 11.0 Å². The maximum absolute atomic E-state index is 4.73. The smallest absolute Gasteiger partial charge is 0.213 e. The van der Waals surface area contributed by atoms with Crippen molar-refractivity contribution in [2.75, 3.05) is 0 Å². The van der Waals surface area contributed by atoms with Gasteiger partial charge >= 0.3 is 0 Å². The van der Waals surface area contributed by atoms with Crippen molar-refractivity contribution < 1.29 is 4.57 Å². The van der Waals surface area contributed by atoms with E-state index in [9.17, 15) is 0 Å². The van der Waals surface area contributed by atoms with Gasteiger partial charge < -0.3 is 4.57 Å². The molecular formula is C65H53N2+. The van der Waals surface area contributed by atoms with Crippen LogP contribution in [0.2, 0.25) is 0 Å². The third-order valence-corrected chi connectivity index (χ3v) is 16.1. The molecule has 0 saturated carbocycles. The normalized spacial score (nSPS) is 14.7. The van der Waals surface area contributed by atoms with Gasteiger partial charge in [-0.3, -0.25) is 0 Å². The molecule has 0 amide bonds. The Kier molecular flexibility index (Phi) is 8.45. The van der Waals surface area contributed by atoms with Gasteiger partial charge in [-0.15, -0.1) is 0 Å². The summed E-state index contributed by atoms with van der Waals surface area (Å²) >= 11 is 0. The first kappa shape index (κ1) is 39.8. The summed E-state index contributed by atoms with van der Waals surface area (Å²) in [6, 6.07) is 71.4. The van der Waals surface area contributed by atoms with Crippen LogP contribution >= 0.6 is 0 Å². The number of benzene rings is 8. The van der Waals surface area contributed by atoms with Crippen LogP contribution in [0.4, 0.5) is 0 Å². The van der Waals surface area contributed by atoms with Crippen LogP contribution in [0.1, 0.15) is 80.8 Å². The van der Waals surface area contributed by atoms with Gasteiger partial charge in [0.15, 0.2) is 11.7 Å². The Morgan fingerprint density at radius 1 is 0.463 bits per heavy atom. The highest BCUT2D eigenvalue weighted by molar-refractivity contribution is 6.13. The number of fused-ring (bicyclic) bond motifs is 16. The van der Waals surface area contributed by atoms with Crippen LogP contribution < -0.4 is 4.57 Å². The van der Waals surface area contributed by atoms with Crippen molar-refractivity contribution in [3.8, 4) is 61.5 Å². The van der Waals surface area contributed by atoms with Gasteiger partial charge in [0.2, 0.25) is 5.69 Å². The van der Waals surface area contributed by atoms with Crippen molar-refractivity contribution in [3.63, 3.8) is 0 Å². The Labute approximate surface area is 394 Å². The highest BCUT2D eigenvalue weighted by Gasteiger charge is 2.52. The van der Waals surface area contributed by atoms with Crippen LogP contribution in [-0.2, 0) is 16.4 Å². The lowest BCUT2D eigenvalue weighted by Gasteiger charge is -2.34. The van der Waals surface area contributed by atoms with Crippen molar-refractivity contribution in [2.45, 2.75) is 63.8 Å².